The van der Waals surface area contributed by atoms with Gasteiger partial charge in [0.2, 0.25) is 0 Å². The molecule has 2 N–H and O–H groups in total. The van der Waals surface area contributed by atoms with Crippen molar-refractivity contribution in [3.8, 4) is 5.69 Å². The van der Waals surface area contributed by atoms with E-state index in [0.29, 0.717) is 24.4 Å². The maximum Gasteiger partial charge on any atom is 0.257 e. The maximum absolute atomic E-state index is 13.2. The molecule has 26 heavy (non-hydrogen) atoms. The predicted octanol–water partition coefficient (Wildman–Crippen LogP) is 3.20. The molecular formula is C19H26ClFN4O. The van der Waals surface area contributed by atoms with Crippen molar-refractivity contribution in [3.05, 3.63) is 47.5 Å². The van der Waals surface area contributed by atoms with Crippen molar-refractivity contribution >= 4 is 18.3 Å². The number of rotatable bonds is 4. The number of nitrogens with zero attached hydrogens (tertiary/aromatic N) is 3. The molecule has 1 amide bonds. The maximum atomic E-state index is 13.2. The second-order valence-corrected chi connectivity index (χ2v) is 6.76. The number of carbonyl (C=O) groups excluding carboxylic acids is 1. The SMILES string of the molecule is CCc1c(C(=O)N2CCCC(C(C)N)C2)cnn1-c1ccc(F)cc1.Cl. The molecule has 2 aromatic rings. The Kier molecular flexibility index (Phi) is 6.78. The van der Waals surface area contributed by atoms with Crippen LogP contribution in [0.2, 0.25) is 0 Å². The molecule has 1 aliphatic rings. The van der Waals surface area contributed by atoms with Crippen molar-refractivity contribution in [1.29, 1.82) is 0 Å². The fraction of sp³-hybridized carbons (Fsp3) is 0.474. The van der Waals surface area contributed by atoms with Gasteiger partial charge in [-0.1, -0.05) is 6.92 Å². The van der Waals surface area contributed by atoms with Crippen molar-refractivity contribution in [3.63, 3.8) is 0 Å². The van der Waals surface area contributed by atoms with Crippen LogP contribution in [-0.2, 0) is 6.42 Å². The van der Waals surface area contributed by atoms with E-state index in [2.05, 4.69) is 5.10 Å². The number of halogens is 2. The fourth-order valence-electron chi connectivity index (χ4n) is 3.49. The molecule has 1 aromatic heterocycles. The Morgan fingerprint density at radius 1 is 1.38 bits per heavy atom. The van der Waals surface area contributed by atoms with Gasteiger partial charge < -0.3 is 10.6 Å². The van der Waals surface area contributed by atoms with Crippen molar-refractivity contribution in [2.45, 2.75) is 39.2 Å². The highest BCUT2D eigenvalue weighted by Crippen LogP contribution is 2.23. The number of hydrogen-bond donors (Lipinski definition) is 1. The molecular weight excluding hydrogens is 355 g/mol. The van der Waals surface area contributed by atoms with Crippen LogP contribution in [0.25, 0.3) is 5.69 Å². The first-order valence-corrected chi connectivity index (χ1v) is 8.89. The Hall–Kier alpha value is -1.92. The molecule has 1 aromatic carbocycles. The number of carbonyl (C=O) groups is 1. The number of amides is 1. The van der Waals surface area contributed by atoms with Crippen LogP contribution in [0, 0.1) is 11.7 Å². The minimum absolute atomic E-state index is 0. The van der Waals surface area contributed by atoms with Gasteiger partial charge in [0, 0.05) is 19.1 Å². The van der Waals surface area contributed by atoms with Crippen LogP contribution in [0.1, 0.15) is 42.7 Å². The van der Waals surface area contributed by atoms with Gasteiger partial charge >= 0.3 is 0 Å². The van der Waals surface area contributed by atoms with Crippen molar-refractivity contribution < 1.29 is 9.18 Å². The molecule has 2 atom stereocenters. The summed E-state index contributed by atoms with van der Waals surface area (Å²) < 4.78 is 14.9. The van der Waals surface area contributed by atoms with Gasteiger partial charge in [0.25, 0.3) is 5.91 Å². The second kappa shape index (κ2) is 8.64. The van der Waals surface area contributed by atoms with Gasteiger partial charge in [-0.25, -0.2) is 9.07 Å². The van der Waals surface area contributed by atoms with E-state index in [9.17, 15) is 9.18 Å². The number of piperidine rings is 1. The highest BCUT2D eigenvalue weighted by molar-refractivity contribution is 5.95. The lowest BCUT2D eigenvalue weighted by molar-refractivity contribution is 0.0660. The molecule has 0 saturated carbocycles. The van der Waals surface area contributed by atoms with E-state index in [0.717, 1.165) is 30.8 Å². The summed E-state index contributed by atoms with van der Waals surface area (Å²) in [4.78, 5) is 14.9. The Bertz CT molecular complexity index is 744. The molecule has 7 heteroatoms. The molecule has 0 bridgehead atoms. The number of nitrogens with two attached hydrogens (primary N) is 1. The highest BCUT2D eigenvalue weighted by atomic mass is 35.5. The lowest BCUT2D eigenvalue weighted by Gasteiger charge is -2.34. The standard InChI is InChI=1S/C19H25FN4O.ClH/c1-3-18-17(11-22-24(18)16-8-6-15(20)7-9-16)19(25)23-10-4-5-14(12-23)13(2)21;/h6-9,11,13-14H,3-5,10,12,21H2,1-2H3;1H. The minimum atomic E-state index is -0.291. The van der Waals surface area contributed by atoms with Crippen molar-refractivity contribution in [2.24, 2.45) is 11.7 Å². The van der Waals surface area contributed by atoms with Crippen molar-refractivity contribution in [1.82, 2.24) is 14.7 Å². The van der Waals surface area contributed by atoms with E-state index in [1.807, 2.05) is 18.7 Å². The van der Waals surface area contributed by atoms with E-state index < -0.39 is 0 Å². The first-order valence-electron chi connectivity index (χ1n) is 8.89. The predicted molar refractivity (Wildman–Crippen MR) is 102 cm³/mol. The Labute approximate surface area is 159 Å². The van der Waals surface area contributed by atoms with Crippen LogP contribution in [0.15, 0.2) is 30.5 Å². The number of aromatic nitrogens is 2. The normalized spacial score (nSPS) is 18.3. The van der Waals surface area contributed by atoms with Gasteiger partial charge in [-0.2, -0.15) is 5.10 Å². The molecule has 0 spiro atoms. The highest BCUT2D eigenvalue weighted by Gasteiger charge is 2.28. The van der Waals surface area contributed by atoms with Gasteiger partial charge in [-0.3, -0.25) is 4.79 Å². The summed E-state index contributed by atoms with van der Waals surface area (Å²) in [6.07, 6.45) is 4.34. The quantitative estimate of drug-likeness (QED) is 0.885. The third-order valence-electron chi connectivity index (χ3n) is 4.99. The first-order chi connectivity index (χ1) is 12.0. The lowest BCUT2D eigenvalue weighted by Crippen LogP contribution is -2.45. The Morgan fingerprint density at radius 2 is 2.08 bits per heavy atom. The summed E-state index contributed by atoms with van der Waals surface area (Å²) in [7, 11) is 0. The van der Waals surface area contributed by atoms with E-state index >= 15 is 0 Å². The van der Waals surface area contributed by atoms with E-state index in [1.54, 1.807) is 23.0 Å². The number of benzene rings is 1. The largest absolute Gasteiger partial charge is 0.338 e. The number of likely N-dealkylation sites (tertiary alicyclic amines) is 1. The summed E-state index contributed by atoms with van der Waals surface area (Å²) in [5.74, 6) is 0.0611. The zero-order valence-electron chi connectivity index (χ0n) is 15.2. The zero-order chi connectivity index (χ0) is 18.0. The third-order valence-corrected chi connectivity index (χ3v) is 4.99. The molecule has 1 saturated heterocycles. The van der Waals surface area contributed by atoms with Crippen LogP contribution in [-0.4, -0.2) is 39.7 Å². The molecule has 1 aliphatic heterocycles. The topological polar surface area (TPSA) is 64.2 Å². The average Bonchev–Trinajstić information content (AvgIpc) is 3.05. The zero-order valence-corrected chi connectivity index (χ0v) is 16.0. The van der Waals surface area contributed by atoms with E-state index in [-0.39, 0.29) is 30.2 Å². The lowest BCUT2D eigenvalue weighted by atomic mass is 9.92. The minimum Gasteiger partial charge on any atom is -0.338 e. The summed E-state index contributed by atoms with van der Waals surface area (Å²) in [6, 6.07) is 6.22. The molecule has 0 aliphatic carbocycles. The monoisotopic (exact) mass is 380 g/mol. The fourth-order valence-corrected chi connectivity index (χ4v) is 3.49. The smallest absolute Gasteiger partial charge is 0.257 e. The molecule has 1 fully saturated rings. The molecule has 142 valence electrons. The molecule has 2 heterocycles. The Morgan fingerprint density at radius 3 is 2.69 bits per heavy atom. The average molecular weight is 381 g/mol. The molecule has 0 radical (unpaired) electrons. The molecule has 3 rings (SSSR count). The summed E-state index contributed by atoms with van der Waals surface area (Å²) in [6.45, 7) is 5.45. The van der Waals surface area contributed by atoms with Gasteiger partial charge in [-0.15, -0.1) is 12.4 Å². The molecule has 5 nitrogen and oxygen atoms in total. The van der Waals surface area contributed by atoms with Gasteiger partial charge in [0.15, 0.2) is 0 Å². The van der Waals surface area contributed by atoms with Crippen LogP contribution in [0.3, 0.4) is 0 Å². The van der Waals surface area contributed by atoms with Crippen LogP contribution < -0.4 is 5.73 Å². The summed E-state index contributed by atoms with van der Waals surface area (Å²) >= 11 is 0. The van der Waals surface area contributed by atoms with Crippen molar-refractivity contribution in [2.75, 3.05) is 13.1 Å². The van der Waals surface area contributed by atoms with E-state index in [1.165, 1.54) is 12.1 Å². The number of hydrogen-bond acceptors (Lipinski definition) is 3. The Balaban J connectivity index is 0.00000243. The first kappa shape index (κ1) is 20.4. The summed E-state index contributed by atoms with van der Waals surface area (Å²) in [5, 5.41) is 4.38. The summed E-state index contributed by atoms with van der Waals surface area (Å²) in [5.41, 5.74) is 8.25. The second-order valence-electron chi connectivity index (χ2n) is 6.76. The van der Waals surface area contributed by atoms with Crippen LogP contribution in [0.4, 0.5) is 4.39 Å². The van der Waals surface area contributed by atoms with Gasteiger partial charge in [0.1, 0.15) is 5.82 Å². The van der Waals surface area contributed by atoms with Gasteiger partial charge in [0.05, 0.1) is 23.1 Å². The van der Waals surface area contributed by atoms with Crippen LogP contribution in [0.5, 0.6) is 0 Å². The van der Waals surface area contributed by atoms with Gasteiger partial charge in [-0.05, 0) is 56.4 Å². The van der Waals surface area contributed by atoms with E-state index in [4.69, 9.17) is 5.73 Å². The van der Waals surface area contributed by atoms with Crippen LogP contribution >= 0.6 is 12.4 Å². The molecule has 2 unspecified atom stereocenters. The third kappa shape index (κ3) is 4.07.